The highest BCUT2D eigenvalue weighted by atomic mass is 32.2. The zero-order valence-corrected chi connectivity index (χ0v) is 16.5. The van der Waals surface area contributed by atoms with Crippen LogP contribution in [0.25, 0.3) is 0 Å². The average Bonchev–Trinajstić information content (AvgIpc) is 3.09. The molecule has 3 rings (SSSR count). The number of carbonyl (C=O) groups excluding carboxylic acids is 1. The van der Waals surface area contributed by atoms with E-state index in [4.69, 9.17) is 5.73 Å². The lowest BCUT2D eigenvalue weighted by Crippen LogP contribution is -2.18. The van der Waals surface area contributed by atoms with Crippen LogP contribution in [0, 0.1) is 5.82 Å². The molecule has 1 amide bonds. The van der Waals surface area contributed by atoms with Crippen molar-refractivity contribution in [1.29, 1.82) is 0 Å². The number of aromatic nitrogens is 2. The first-order valence-electron chi connectivity index (χ1n) is 7.77. The van der Waals surface area contributed by atoms with Gasteiger partial charge in [-0.3, -0.25) is 4.79 Å². The summed E-state index contributed by atoms with van der Waals surface area (Å²) in [5.41, 5.74) is 6.69. The highest BCUT2D eigenvalue weighted by Gasteiger charge is 2.22. The number of halogens is 3. The number of thioether (sulfide) groups is 2. The summed E-state index contributed by atoms with van der Waals surface area (Å²) in [5, 5.41) is 10.8. The van der Waals surface area contributed by atoms with Crippen molar-refractivity contribution in [1.82, 2.24) is 10.2 Å². The maximum atomic E-state index is 13.1. The van der Waals surface area contributed by atoms with E-state index in [1.165, 1.54) is 35.6 Å². The summed E-state index contributed by atoms with van der Waals surface area (Å²) in [7, 11) is 0. The third-order valence-electron chi connectivity index (χ3n) is 3.39. The fraction of sp³-hybridized carbons (Fsp3) is 0.118. The first-order chi connectivity index (χ1) is 13.4. The summed E-state index contributed by atoms with van der Waals surface area (Å²) in [6.07, 6.45) is 0. The number of nitrogens with zero attached hydrogens (tertiary/aromatic N) is 2. The van der Waals surface area contributed by atoms with Crippen molar-refractivity contribution in [3.05, 3.63) is 59.9 Å². The van der Waals surface area contributed by atoms with Crippen LogP contribution < -0.4 is 11.1 Å². The number of alkyl halides is 2. The molecule has 0 bridgehead atoms. The molecular formula is C17H13F3N4OS3. The zero-order valence-electron chi connectivity index (χ0n) is 14.0. The minimum Gasteiger partial charge on any atom is -0.368 e. The van der Waals surface area contributed by atoms with Crippen LogP contribution in [0.2, 0.25) is 0 Å². The second kappa shape index (κ2) is 9.30. The van der Waals surface area contributed by atoms with E-state index in [1.807, 2.05) is 0 Å². The second-order valence-corrected chi connectivity index (χ2v) is 8.75. The number of rotatable bonds is 8. The van der Waals surface area contributed by atoms with Gasteiger partial charge in [0.1, 0.15) is 11.1 Å². The number of hydrogen-bond donors (Lipinski definition) is 2. The maximum Gasteiger partial charge on any atom is 0.288 e. The molecule has 146 valence electrons. The summed E-state index contributed by atoms with van der Waals surface area (Å²) in [6, 6.07) is 12.0. The van der Waals surface area contributed by atoms with E-state index < -0.39 is 22.7 Å². The third kappa shape index (κ3) is 5.63. The van der Waals surface area contributed by atoms with E-state index in [9.17, 15) is 18.0 Å². The molecule has 0 fully saturated rings. The van der Waals surface area contributed by atoms with E-state index in [0.717, 1.165) is 11.8 Å². The number of hydrogen-bond acceptors (Lipinski definition) is 7. The second-order valence-electron chi connectivity index (χ2n) is 5.35. The van der Waals surface area contributed by atoms with Gasteiger partial charge in [-0.1, -0.05) is 47.0 Å². The first-order valence-corrected chi connectivity index (χ1v) is 10.3. The van der Waals surface area contributed by atoms with Gasteiger partial charge < -0.3 is 11.1 Å². The fourth-order valence-electron chi connectivity index (χ4n) is 2.18. The third-order valence-corrected chi connectivity index (χ3v) is 6.31. The van der Waals surface area contributed by atoms with Gasteiger partial charge in [-0.15, -0.1) is 10.2 Å². The molecule has 1 atom stereocenters. The van der Waals surface area contributed by atoms with Gasteiger partial charge in [0.2, 0.25) is 11.0 Å². The molecule has 3 aromatic rings. The number of amides is 1. The van der Waals surface area contributed by atoms with Crippen LogP contribution in [0.5, 0.6) is 0 Å². The lowest BCUT2D eigenvalue weighted by molar-refractivity contribution is -0.117. The van der Waals surface area contributed by atoms with Crippen molar-refractivity contribution in [2.75, 3.05) is 5.32 Å². The molecule has 2 aromatic carbocycles. The first kappa shape index (κ1) is 20.5. The van der Waals surface area contributed by atoms with Crippen LogP contribution in [0.3, 0.4) is 0 Å². The predicted octanol–water partition coefficient (Wildman–Crippen LogP) is 5.05. The molecule has 1 unspecified atom stereocenters. The molecule has 1 heterocycles. The van der Waals surface area contributed by atoms with Crippen LogP contribution >= 0.6 is 34.9 Å². The molecular weight excluding hydrogens is 429 g/mol. The quantitative estimate of drug-likeness (QED) is 0.475. The topological polar surface area (TPSA) is 80.9 Å². The highest BCUT2D eigenvalue weighted by molar-refractivity contribution is 8.02. The number of benzene rings is 2. The van der Waals surface area contributed by atoms with Gasteiger partial charge in [-0.2, -0.15) is 8.78 Å². The molecule has 0 aliphatic carbocycles. The molecule has 0 saturated carbocycles. The largest absolute Gasteiger partial charge is 0.368 e. The van der Waals surface area contributed by atoms with Crippen molar-refractivity contribution in [3.63, 3.8) is 0 Å². The molecule has 3 N–H and O–H groups in total. The smallest absolute Gasteiger partial charge is 0.288 e. The zero-order chi connectivity index (χ0) is 20.1. The van der Waals surface area contributed by atoms with Gasteiger partial charge in [0.05, 0.1) is 0 Å². The predicted molar refractivity (Wildman–Crippen MR) is 106 cm³/mol. The van der Waals surface area contributed by atoms with E-state index in [1.54, 1.807) is 24.3 Å². The lowest BCUT2D eigenvalue weighted by atomic mass is 10.1. The average molecular weight is 443 g/mol. The minimum absolute atomic E-state index is 0.405. The summed E-state index contributed by atoms with van der Waals surface area (Å²) < 4.78 is 38.3. The summed E-state index contributed by atoms with van der Waals surface area (Å²) >= 11 is 2.80. The van der Waals surface area contributed by atoms with Crippen molar-refractivity contribution in [3.8, 4) is 0 Å². The summed E-state index contributed by atoms with van der Waals surface area (Å²) in [5.74, 6) is -3.45. The molecule has 0 radical (unpaired) electrons. The number of primary amides is 1. The van der Waals surface area contributed by atoms with Crippen LogP contribution in [0.4, 0.5) is 24.0 Å². The van der Waals surface area contributed by atoms with Crippen molar-refractivity contribution < 1.29 is 18.0 Å². The normalized spacial score (nSPS) is 12.1. The van der Waals surface area contributed by atoms with E-state index in [-0.39, 0.29) is 0 Å². The Balaban J connectivity index is 1.67. The van der Waals surface area contributed by atoms with Crippen LogP contribution in [0.15, 0.2) is 57.8 Å². The van der Waals surface area contributed by atoms with Crippen LogP contribution in [-0.4, -0.2) is 21.9 Å². The number of carbonyl (C=O) groups is 1. The number of nitrogens with one attached hydrogen (secondary N) is 1. The molecule has 0 spiro atoms. The van der Waals surface area contributed by atoms with E-state index in [2.05, 4.69) is 15.5 Å². The standard InChI is InChI=1S/C17H13F3N4OS3/c18-10-3-1-9(2-4-10)13(14(21)25)27-17-24-23-16(28-17)22-11-5-7-12(8-6-11)26-15(19)20/h1-8,13,15H,(H2,21,25)(H,22,23). The van der Waals surface area contributed by atoms with E-state index in [0.29, 0.717) is 37.4 Å². The van der Waals surface area contributed by atoms with Crippen LogP contribution in [-0.2, 0) is 4.79 Å². The Hall–Kier alpha value is -2.24. The van der Waals surface area contributed by atoms with Gasteiger partial charge in [0.25, 0.3) is 5.76 Å². The molecule has 11 heteroatoms. The summed E-state index contributed by atoms with van der Waals surface area (Å²) in [4.78, 5) is 12.2. The van der Waals surface area contributed by atoms with Crippen molar-refractivity contribution >= 4 is 51.6 Å². The van der Waals surface area contributed by atoms with Gasteiger partial charge in [0.15, 0.2) is 4.34 Å². The number of anilines is 2. The van der Waals surface area contributed by atoms with Gasteiger partial charge in [0, 0.05) is 10.6 Å². The molecule has 28 heavy (non-hydrogen) atoms. The molecule has 5 nitrogen and oxygen atoms in total. The molecule has 1 aromatic heterocycles. The molecule has 0 saturated heterocycles. The van der Waals surface area contributed by atoms with Gasteiger partial charge in [-0.25, -0.2) is 4.39 Å². The monoisotopic (exact) mass is 442 g/mol. The lowest BCUT2D eigenvalue weighted by Gasteiger charge is -2.11. The Labute approximate surface area is 170 Å². The summed E-state index contributed by atoms with van der Waals surface area (Å²) in [6.45, 7) is 0. The van der Waals surface area contributed by atoms with Gasteiger partial charge >= 0.3 is 0 Å². The van der Waals surface area contributed by atoms with E-state index >= 15 is 0 Å². The van der Waals surface area contributed by atoms with Crippen molar-refractivity contribution in [2.24, 2.45) is 5.73 Å². The number of nitrogens with two attached hydrogens (primary N) is 1. The Morgan fingerprint density at radius 2 is 1.71 bits per heavy atom. The van der Waals surface area contributed by atoms with Crippen LogP contribution in [0.1, 0.15) is 10.8 Å². The maximum absolute atomic E-state index is 13.1. The highest BCUT2D eigenvalue weighted by Crippen LogP contribution is 2.38. The molecule has 0 aliphatic rings. The Kier molecular flexibility index (Phi) is 6.81. The fourth-order valence-corrected chi connectivity index (χ4v) is 4.59. The van der Waals surface area contributed by atoms with Gasteiger partial charge in [-0.05, 0) is 42.0 Å². The Bertz CT molecular complexity index is 936. The molecule has 0 aliphatic heterocycles. The Morgan fingerprint density at radius 3 is 2.32 bits per heavy atom. The Morgan fingerprint density at radius 1 is 1.04 bits per heavy atom. The SMILES string of the molecule is NC(=O)C(Sc1nnc(Nc2ccc(SC(F)F)cc2)s1)c1ccc(F)cc1. The minimum atomic E-state index is -2.47. The van der Waals surface area contributed by atoms with Crippen molar-refractivity contribution in [2.45, 2.75) is 20.2 Å².